The molecule has 1 fully saturated rings. The molecule has 1 N–H and O–H groups in total. The highest BCUT2D eigenvalue weighted by atomic mass is 16.5. The molecule has 0 aromatic carbocycles. The van der Waals surface area contributed by atoms with E-state index in [1.807, 2.05) is 0 Å². The molecule has 78 valence electrons. The molecule has 1 aliphatic rings. The van der Waals surface area contributed by atoms with Crippen molar-refractivity contribution in [2.75, 3.05) is 33.5 Å². The molecule has 3 nitrogen and oxygen atoms in total. The van der Waals surface area contributed by atoms with E-state index in [9.17, 15) is 5.11 Å². The lowest BCUT2D eigenvalue weighted by atomic mass is 9.75. The van der Waals surface area contributed by atoms with Crippen LogP contribution in [0.5, 0.6) is 0 Å². The van der Waals surface area contributed by atoms with Crippen LogP contribution in [0.4, 0.5) is 0 Å². The predicted octanol–water partition coefficient (Wildman–Crippen LogP) is 1.06. The molecular weight excluding hydrogens is 168 g/mol. The van der Waals surface area contributed by atoms with Crippen LogP contribution in [0, 0.1) is 11.3 Å². The first kappa shape index (κ1) is 11.0. The Morgan fingerprint density at radius 1 is 1.62 bits per heavy atom. The quantitative estimate of drug-likeness (QED) is 0.701. The van der Waals surface area contributed by atoms with Crippen LogP contribution in [0.1, 0.15) is 19.8 Å². The first-order valence-corrected chi connectivity index (χ1v) is 4.93. The van der Waals surface area contributed by atoms with Gasteiger partial charge >= 0.3 is 0 Å². The second-order valence-corrected chi connectivity index (χ2v) is 4.01. The van der Waals surface area contributed by atoms with Crippen molar-refractivity contribution >= 4 is 0 Å². The summed E-state index contributed by atoms with van der Waals surface area (Å²) < 4.78 is 10.4. The molecule has 0 aliphatic carbocycles. The molecule has 1 rings (SSSR count). The summed E-state index contributed by atoms with van der Waals surface area (Å²) in [7, 11) is 1.71. The number of hydrogen-bond donors (Lipinski definition) is 1. The largest absolute Gasteiger partial charge is 0.396 e. The molecule has 0 radical (unpaired) electrons. The number of hydrogen-bond acceptors (Lipinski definition) is 3. The molecule has 1 heterocycles. The van der Waals surface area contributed by atoms with Crippen LogP contribution in [0.25, 0.3) is 0 Å². The number of ether oxygens (including phenoxy) is 2. The fourth-order valence-electron chi connectivity index (χ4n) is 1.89. The van der Waals surface area contributed by atoms with E-state index < -0.39 is 0 Å². The lowest BCUT2D eigenvalue weighted by Gasteiger charge is -2.31. The highest BCUT2D eigenvalue weighted by Crippen LogP contribution is 2.37. The summed E-state index contributed by atoms with van der Waals surface area (Å²) in [5.41, 5.74) is -0.00146. The number of aliphatic hydroxyl groups excluding tert-OH is 1. The monoisotopic (exact) mass is 188 g/mol. The van der Waals surface area contributed by atoms with Gasteiger partial charge in [0.1, 0.15) is 0 Å². The first-order valence-electron chi connectivity index (χ1n) is 4.93. The topological polar surface area (TPSA) is 38.7 Å². The summed E-state index contributed by atoms with van der Waals surface area (Å²) >= 11 is 0. The van der Waals surface area contributed by atoms with E-state index in [1.54, 1.807) is 7.11 Å². The van der Waals surface area contributed by atoms with Gasteiger partial charge in [0.2, 0.25) is 0 Å². The Labute approximate surface area is 80.0 Å². The summed E-state index contributed by atoms with van der Waals surface area (Å²) in [5, 5.41) is 9.37. The molecule has 0 saturated carbocycles. The lowest BCUT2D eigenvalue weighted by molar-refractivity contribution is 0.0357. The maximum Gasteiger partial charge on any atom is 0.0547 e. The molecule has 3 heteroatoms. The summed E-state index contributed by atoms with van der Waals surface area (Å²) in [5.74, 6) is 0.472. The van der Waals surface area contributed by atoms with Crippen LogP contribution in [0.2, 0.25) is 0 Å². The molecule has 0 spiro atoms. The molecule has 0 aromatic heterocycles. The van der Waals surface area contributed by atoms with Gasteiger partial charge in [0.15, 0.2) is 0 Å². The number of aliphatic hydroxyl groups is 1. The molecule has 0 aromatic rings. The highest BCUT2D eigenvalue weighted by Gasteiger charge is 2.39. The van der Waals surface area contributed by atoms with Crippen molar-refractivity contribution in [3.63, 3.8) is 0 Å². The zero-order chi connectivity index (χ0) is 9.73. The Morgan fingerprint density at radius 2 is 2.38 bits per heavy atom. The first-order chi connectivity index (χ1) is 6.25. The minimum absolute atomic E-state index is 0.00146. The normalized spacial score (nSPS) is 30.7. The van der Waals surface area contributed by atoms with Gasteiger partial charge in [-0.1, -0.05) is 6.92 Å². The van der Waals surface area contributed by atoms with Crippen molar-refractivity contribution in [1.29, 1.82) is 0 Å². The fourth-order valence-corrected chi connectivity index (χ4v) is 1.89. The molecule has 0 amide bonds. The second-order valence-electron chi connectivity index (χ2n) is 4.01. The van der Waals surface area contributed by atoms with Crippen molar-refractivity contribution in [1.82, 2.24) is 0 Å². The Balaban J connectivity index is 2.44. The van der Waals surface area contributed by atoms with Crippen LogP contribution in [0.15, 0.2) is 0 Å². The van der Waals surface area contributed by atoms with Crippen LogP contribution >= 0.6 is 0 Å². The van der Waals surface area contributed by atoms with E-state index in [1.165, 1.54) is 0 Å². The van der Waals surface area contributed by atoms with E-state index >= 15 is 0 Å². The molecular formula is C10H20O3. The van der Waals surface area contributed by atoms with E-state index in [0.717, 1.165) is 26.1 Å². The van der Waals surface area contributed by atoms with Crippen LogP contribution < -0.4 is 0 Å². The zero-order valence-electron chi connectivity index (χ0n) is 8.58. The standard InChI is InChI=1S/C10H20O3/c1-9(3-5-12-2)10(7-11)4-6-13-8-10/h9,11H,3-8H2,1-2H3. The smallest absolute Gasteiger partial charge is 0.0547 e. The van der Waals surface area contributed by atoms with Crippen LogP contribution in [-0.2, 0) is 9.47 Å². The average molecular weight is 188 g/mol. The molecule has 1 aliphatic heterocycles. The highest BCUT2D eigenvalue weighted by molar-refractivity contribution is 4.87. The zero-order valence-corrected chi connectivity index (χ0v) is 8.58. The average Bonchev–Trinajstić information content (AvgIpc) is 2.63. The Bertz CT molecular complexity index is 141. The number of rotatable bonds is 5. The third-order valence-electron chi connectivity index (χ3n) is 3.25. The Hall–Kier alpha value is -0.120. The van der Waals surface area contributed by atoms with E-state index in [4.69, 9.17) is 9.47 Å². The molecule has 0 bridgehead atoms. The Morgan fingerprint density at radius 3 is 2.85 bits per heavy atom. The molecule has 1 saturated heterocycles. The van der Waals surface area contributed by atoms with Gasteiger partial charge in [0, 0.05) is 25.7 Å². The van der Waals surface area contributed by atoms with Crippen molar-refractivity contribution in [2.24, 2.45) is 11.3 Å². The van der Waals surface area contributed by atoms with Crippen LogP contribution in [0.3, 0.4) is 0 Å². The van der Waals surface area contributed by atoms with Gasteiger partial charge in [0.05, 0.1) is 13.2 Å². The summed E-state index contributed by atoms with van der Waals surface area (Å²) in [4.78, 5) is 0. The summed E-state index contributed by atoms with van der Waals surface area (Å²) in [6, 6.07) is 0. The Kier molecular flexibility index (Phi) is 4.16. The van der Waals surface area contributed by atoms with Crippen molar-refractivity contribution in [3.05, 3.63) is 0 Å². The third-order valence-corrected chi connectivity index (χ3v) is 3.25. The minimum Gasteiger partial charge on any atom is -0.396 e. The maximum absolute atomic E-state index is 9.37. The maximum atomic E-state index is 9.37. The van der Waals surface area contributed by atoms with Gasteiger partial charge in [0.25, 0.3) is 0 Å². The predicted molar refractivity (Wildman–Crippen MR) is 50.6 cm³/mol. The lowest BCUT2D eigenvalue weighted by Crippen LogP contribution is -2.34. The van der Waals surface area contributed by atoms with Crippen molar-refractivity contribution in [2.45, 2.75) is 19.8 Å². The SMILES string of the molecule is COCCC(C)C1(CO)CCOC1. The van der Waals surface area contributed by atoms with Gasteiger partial charge in [-0.3, -0.25) is 0 Å². The third kappa shape index (κ3) is 2.42. The molecule has 2 atom stereocenters. The van der Waals surface area contributed by atoms with Crippen molar-refractivity contribution < 1.29 is 14.6 Å². The van der Waals surface area contributed by atoms with Gasteiger partial charge in [-0.05, 0) is 18.8 Å². The summed E-state index contributed by atoms with van der Waals surface area (Å²) in [6.45, 7) is 4.66. The summed E-state index contributed by atoms with van der Waals surface area (Å²) in [6.07, 6.45) is 1.98. The van der Waals surface area contributed by atoms with Gasteiger partial charge in [-0.2, -0.15) is 0 Å². The minimum atomic E-state index is -0.00146. The van der Waals surface area contributed by atoms with Gasteiger partial charge in [-0.25, -0.2) is 0 Å². The number of methoxy groups -OCH3 is 1. The van der Waals surface area contributed by atoms with Gasteiger partial charge in [-0.15, -0.1) is 0 Å². The van der Waals surface area contributed by atoms with Crippen LogP contribution in [-0.4, -0.2) is 38.6 Å². The fraction of sp³-hybridized carbons (Fsp3) is 1.00. The van der Waals surface area contributed by atoms with Crippen molar-refractivity contribution in [3.8, 4) is 0 Å². The molecule has 2 unspecified atom stereocenters. The second kappa shape index (κ2) is 4.94. The van der Waals surface area contributed by atoms with E-state index in [-0.39, 0.29) is 12.0 Å². The van der Waals surface area contributed by atoms with Gasteiger partial charge < -0.3 is 14.6 Å². The van der Waals surface area contributed by atoms with E-state index in [0.29, 0.717) is 12.5 Å². The van der Waals surface area contributed by atoms with E-state index in [2.05, 4.69) is 6.92 Å². The molecule has 13 heavy (non-hydrogen) atoms.